The number of nitrogens with zero attached hydrogens (tertiary/aromatic N) is 6. The van der Waals surface area contributed by atoms with Crippen LogP contribution in [0.25, 0.3) is 22.4 Å². The van der Waals surface area contributed by atoms with Gasteiger partial charge in [0.25, 0.3) is 0 Å². The summed E-state index contributed by atoms with van der Waals surface area (Å²) < 4.78 is 7.78. The van der Waals surface area contributed by atoms with E-state index in [9.17, 15) is 5.26 Å². The fourth-order valence-corrected chi connectivity index (χ4v) is 5.69. The average molecular weight is 493 g/mol. The van der Waals surface area contributed by atoms with Crippen LogP contribution in [-0.4, -0.2) is 59.3 Å². The number of methoxy groups -OCH3 is 1. The molecule has 2 aliphatic rings. The van der Waals surface area contributed by atoms with Gasteiger partial charge in [0.1, 0.15) is 22.9 Å². The lowest BCUT2D eigenvalue weighted by molar-refractivity contribution is 0.260. The van der Waals surface area contributed by atoms with Crippen molar-refractivity contribution in [2.45, 2.75) is 32.2 Å². The van der Waals surface area contributed by atoms with Crippen LogP contribution in [0.2, 0.25) is 0 Å². The highest BCUT2D eigenvalue weighted by Gasteiger charge is 2.28. The maximum absolute atomic E-state index is 10.1. The van der Waals surface area contributed by atoms with Gasteiger partial charge in [0.05, 0.1) is 12.7 Å². The first kappa shape index (κ1) is 23.5. The number of ether oxygens (including phenoxy) is 1. The number of hydrogen-bond acceptors (Lipinski definition) is 6. The van der Waals surface area contributed by atoms with Gasteiger partial charge in [0.2, 0.25) is 0 Å². The van der Waals surface area contributed by atoms with E-state index in [-0.39, 0.29) is 0 Å². The molecule has 6 rings (SSSR count). The third-order valence-corrected chi connectivity index (χ3v) is 7.70. The second-order valence-corrected chi connectivity index (χ2v) is 9.91. The Kier molecular flexibility index (Phi) is 6.50. The number of aryl methyl sites for hydroxylation is 1. The Balaban J connectivity index is 1.35. The zero-order valence-electron chi connectivity index (χ0n) is 21.4. The molecule has 0 atom stereocenters. The van der Waals surface area contributed by atoms with Crippen LogP contribution >= 0.6 is 0 Å². The third-order valence-electron chi connectivity index (χ3n) is 7.70. The Bertz CT molecular complexity index is 1450. The Labute approximate surface area is 217 Å². The fraction of sp³-hybridized carbons (Fsp3) is 0.367. The molecule has 37 heavy (non-hydrogen) atoms. The molecule has 4 aromatic rings. The fourth-order valence-electron chi connectivity index (χ4n) is 5.69. The standard InChI is InChI=1S/C30H32N6O/c1-37-24-11-7-10-23(20-24)29-32-27-25(21-31)26-12-5-6-14-36(26)28(27)30(33-29)35-18-16-34(17-19-35)15-13-22-8-3-2-4-9-22/h2-4,7-11,20H,5-6,12-19H2,1H3. The SMILES string of the molecule is COc1cccc(-c2nc(N3CCN(CCc4ccccc4)CC3)c3c(n2)c(C#N)c2n3CCCC2)c1. The summed E-state index contributed by atoms with van der Waals surface area (Å²) in [6.07, 6.45) is 4.21. The molecule has 7 nitrogen and oxygen atoms in total. The monoisotopic (exact) mass is 492 g/mol. The minimum atomic E-state index is 0.646. The lowest BCUT2D eigenvalue weighted by atomic mass is 10.1. The van der Waals surface area contributed by atoms with E-state index in [0.29, 0.717) is 11.4 Å². The molecule has 1 saturated heterocycles. The molecular formula is C30H32N6O. The van der Waals surface area contributed by atoms with E-state index >= 15 is 0 Å². The number of nitriles is 1. The van der Waals surface area contributed by atoms with Crippen molar-refractivity contribution in [3.05, 3.63) is 71.4 Å². The van der Waals surface area contributed by atoms with Gasteiger partial charge >= 0.3 is 0 Å². The van der Waals surface area contributed by atoms with Crippen LogP contribution in [0.4, 0.5) is 5.82 Å². The molecule has 0 spiro atoms. The van der Waals surface area contributed by atoms with Gasteiger partial charge in [0, 0.05) is 50.5 Å². The van der Waals surface area contributed by atoms with Crippen LogP contribution in [-0.2, 0) is 19.4 Å². The summed E-state index contributed by atoms with van der Waals surface area (Å²) in [4.78, 5) is 15.1. The lowest BCUT2D eigenvalue weighted by Crippen LogP contribution is -2.47. The molecule has 2 aliphatic heterocycles. The summed E-state index contributed by atoms with van der Waals surface area (Å²) in [7, 11) is 1.67. The molecule has 0 aliphatic carbocycles. The molecule has 7 heteroatoms. The van der Waals surface area contributed by atoms with E-state index in [1.54, 1.807) is 7.11 Å². The number of aromatic nitrogens is 3. The van der Waals surface area contributed by atoms with Crippen molar-refractivity contribution in [1.82, 2.24) is 19.4 Å². The van der Waals surface area contributed by atoms with E-state index in [1.165, 1.54) is 5.56 Å². The van der Waals surface area contributed by atoms with E-state index in [0.717, 1.165) is 98.8 Å². The maximum atomic E-state index is 10.1. The number of hydrogen-bond donors (Lipinski definition) is 0. The average Bonchev–Trinajstić information content (AvgIpc) is 3.30. The molecule has 0 bridgehead atoms. The summed E-state index contributed by atoms with van der Waals surface area (Å²) in [6, 6.07) is 21.1. The highest BCUT2D eigenvalue weighted by molar-refractivity contribution is 5.94. The zero-order valence-corrected chi connectivity index (χ0v) is 21.4. The van der Waals surface area contributed by atoms with Crippen molar-refractivity contribution < 1.29 is 4.74 Å². The number of rotatable bonds is 6. The second kappa shape index (κ2) is 10.2. The Morgan fingerprint density at radius 3 is 2.57 bits per heavy atom. The topological polar surface area (TPSA) is 70.2 Å². The minimum absolute atomic E-state index is 0.646. The largest absolute Gasteiger partial charge is 0.497 e. The Morgan fingerprint density at radius 1 is 0.946 bits per heavy atom. The molecule has 0 radical (unpaired) electrons. The number of anilines is 1. The predicted octanol–water partition coefficient (Wildman–Crippen LogP) is 4.68. The third kappa shape index (κ3) is 4.54. The van der Waals surface area contributed by atoms with Gasteiger partial charge in [-0.2, -0.15) is 5.26 Å². The summed E-state index contributed by atoms with van der Waals surface area (Å²) in [5.41, 5.74) is 5.92. The Morgan fingerprint density at radius 2 is 1.78 bits per heavy atom. The minimum Gasteiger partial charge on any atom is -0.497 e. The molecule has 0 saturated carbocycles. The van der Waals surface area contributed by atoms with Crippen molar-refractivity contribution in [2.75, 3.05) is 44.7 Å². The highest BCUT2D eigenvalue weighted by Crippen LogP contribution is 2.36. The predicted molar refractivity (Wildman–Crippen MR) is 146 cm³/mol. The Hall–Kier alpha value is -3.89. The van der Waals surface area contributed by atoms with Crippen molar-refractivity contribution in [3.8, 4) is 23.2 Å². The van der Waals surface area contributed by atoms with E-state index in [1.807, 2.05) is 24.3 Å². The van der Waals surface area contributed by atoms with Crippen molar-refractivity contribution in [2.24, 2.45) is 0 Å². The molecule has 188 valence electrons. The summed E-state index contributed by atoms with van der Waals surface area (Å²) in [6.45, 7) is 5.77. The first-order valence-corrected chi connectivity index (χ1v) is 13.2. The van der Waals surface area contributed by atoms with Gasteiger partial charge < -0.3 is 14.2 Å². The molecular weight excluding hydrogens is 460 g/mol. The highest BCUT2D eigenvalue weighted by atomic mass is 16.5. The van der Waals surface area contributed by atoms with Crippen LogP contribution in [0.5, 0.6) is 5.75 Å². The molecule has 0 N–H and O–H groups in total. The van der Waals surface area contributed by atoms with Gasteiger partial charge in [0.15, 0.2) is 11.6 Å². The second-order valence-electron chi connectivity index (χ2n) is 9.91. The molecule has 0 unspecified atom stereocenters. The van der Waals surface area contributed by atoms with E-state index in [2.05, 4.69) is 50.8 Å². The summed E-state index contributed by atoms with van der Waals surface area (Å²) in [5.74, 6) is 2.37. The summed E-state index contributed by atoms with van der Waals surface area (Å²) >= 11 is 0. The molecule has 1 fully saturated rings. The first-order chi connectivity index (χ1) is 18.2. The van der Waals surface area contributed by atoms with E-state index < -0.39 is 0 Å². The van der Waals surface area contributed by atoms with Gasteiger partial charge in [-0.1, -0.05) is 42.5 Å². The number of fused-ring (bicyclic) bond motifs is 3. The summed E-state index contributed by atoms with van der Waals surface area (Å²) in [5, 5.41) is 10.1. The van der Waals surface area contributed by atoms with Crippen LogP contribution < -0.4 is 9.64 Å². The molecule has 2 aromatic heterocycles. The maximum Gasteiger partial charge on any atom is 0.162 e. The van der Waals surface area contributed by atoms with Crippen LogP contribution in [0.15, 0.2) is 54.6 Å². The van der Waals surface area contributed by atoms with Crippen LogP contribution in [0, 0.1) is 11.3 Å². The van der Waals surface area contributed by atoms with Gasteiger partial charge in [-0.05, 0) is 43.4 Å². The van der Waals surface area contributed by atoms with Gasteiger partial charge in [-0.25, -0.2) is 9.97 Å². The number of piperazine rings is 1. The quantitative estimate of drug-likeness (QED) is 0.389. The smallest absolute Gasteiger partial charge is 0.162 e. The van der Waals surface area contributed by atoms with Gasteiger partial charge in [-0.15, -0.1) is 0 Å². The van der Waals surface area contributed by atoms with Crippen molar-refractivity contribution in [1.29, 1.82) is 5.26 Å². The van der Waals surface area contributed by atoms with Gasteiger partial charge in [-0.3, -0.25) is 4.90 Å². The molecule has 4 heterocycles. The first-order valence-electron chi connectivity index (χ1n) is 13.2. The zero-order chi connectivity index (χ0) is 25.2. The lowest BCUT2D eigenvalue weighted by Gasteiger charge is -2.36. The normalized spacial score (nSPS) is 15.9. The molecule has 2 aromatic carbocycles. The van der Waals surface area contributed by atoms with Crippen LogP contribution in [0.3, 0.4) is 0 Å². The van der Waals surface area contributed by atoms with Crippen LogP contribution in [0.1, 0.15) is 29.7 Å². The number of benzene rings is 2. The van der Waals surface area contributed by atoms with Crippen molar-refractivity contribution in [3.63, 3.8) is 0 Å². The molecule has 0 amide bonds. The van der Waals surface area contributed by atoms with E-state index in [4.69, 9.17) is 14.7 Å². The van der Waals surface area contributed by atoms with Crippen molar-refractivity contribution >= 4 is 16.9 Å².